The van der Waals surface area contributed by atoms with Crippen LogP contribution in [0.1, 0.15) is 11.5 Å². The van der Waals surface area contributed by atoms with Crippen LogP contribution in [0.2, 0.25) is 0 Å². The molecule has 0 amide bonds. The van der Waals surface area contributed by atoms with Gasteiger partial charge in [0.2, 0.25) is 0 Å². The fourth-order valence-electron chi connectivity index (χ4n) is 1.13. The smallest absolute Gasteiger partial charge is 0.153 e. The van der Waals surface area contributed by atoms with E-state index in [0.29, 0.717) is 11.6 Å². The Hall–Kier alpha value is -1.65. The van der Waals surface area contributed by atoms with Crippen molar-refractivity contribution in [1.29, 1.82) is 0 Å². The lowest BCUT2D eigenvalue weighted by Crippen LogP contribution is -2.03. The Morgan fingerprint density at radius 3 is 2.83 bits per heavy atom. The Balaban J connectivity index is 2.88. The molecule has 2 N–H and O–H groups in total. The van der Waals surface area contributed by atoms with E-state index in [4.69, 9.17) is 5.73 Å². The molecule has 0 saturated carbocycles. The molecule has 2 heterocycles. The van der Waals surface area contributed by atoms with E-state index >= 15 is 0 Å². The quantitative estimate of drug-likeness (QED) is 0.607. The number of hydrogen-bond acceptors (Lipinski definition) is 4. The third-order valence-corrected chi connectivity index (χ3v) is 1.60. The highest BCUT2D eigenvalue weighted by atomic mass is 15.4. The van der Waals surface area contributed by atoms with Gasteiger partial charge in [0.1, 0.15) is 11.3 Å². The first-order chi connectivity index (χ1) is 5.66. The number of aryl methyl sites for hydroxylation is 2. The summed E-state index contributed by atoms with van der Waals surface area (Å²) in [6.07, 6.45) is 0. The van der Waals surface area contributed by atoms with Gasteiger partial charge in [0.25, 0.3) is 0 Å². The fourth-order valence-corrected chi connectivity index (χ4v) is 1.13. The molecule has 2 aromatic heterocycles. The number of nitrogens with zero attached hydrogens (tertiary/aromatic N) is 4. The van der Waals surface area contributed by atoms with Crippen LogP contribution in [-0.4, -0.2) is 19.8 Å². The van der Waals surface area contributed by atoms with Gasteiger partial charge in [-0.05, 0) is 19.9 Å². The summed E-state index contributed by atoms with van der Waals surface area (Å²) in [5, 5.41) is 8.19. The molecular formula is C7H9N5. The minimum atomic E-state index is 0.475. The Morgan fingerprint density at radius 2 is 2.08 bits per heavy atom. The molecule has 0 aliphatic heterocycles. The summed E-state index contributed by atoms with van der Waals surface area (Å²) in [4.78, 5) is 4.02. The van der Waals surface area contributed by atoms with Gasteiger partial charge >= 0.3 is 0 Å². The SMILES string of the molecule is Cc1cc2c(N)nc(C)nn2n1. The van der Waals surface area contributed by atoms with Gasteiger partial charge in [-0.15, -0.1) is 9.73 Å². The summed E-state index contributed by atoms with van der Waals surface area (Å²) in [5.74, 6) is 1.10. The monoisotopic (exact) mass is 163 g/mol. The number of hydrogen-bond donors (Lipinski definition) is 1. The molecule has 0 saturated heterocycles. The maximum atomic E-state index is 5.66. The standard InChI is InChI=1S/C7H9N5/c1-4-3-6-7(8)9-5(2)11-12(6)10-4/h3H,1-2H3,(H2,8,9,11). The summed E-state index contributed by atoms with van der Waals surface area (Å²) in [6.45, 7) is 3.68. The molecule has 2 aromatic rings. The zero-order valence-electron chi connectivity index (χ0n) is 6.94. The molecule has 0 aliphatic carbocycles. The van der Waals surface area contributed by atoms with Crippen LogP contribution in [0.3, 0.4) is 0 Å². The van der Waals surface area contributed by atoms with Crippen LogP contribution >= 0.6 is 0 Å². The number of anilines is 1. The van der Waals surface area contributed by atoms with Gasteiger partial charge in [0, 0.05) is 0 Å². The predicted octanol–water partition coefficient (Wildman–Crippen LogP) is 0.323. The molecule has 5 heteroatoms. The van der Waals surface area contributed by atoms with E-state index in [1.807, 2.05) is 13.0 Å². The van der Waals surface area contributed by atoms with Gasteiger partial charge in [-0.25, -0.2) is 4.98 Å². The molecule has 0 bridgehead atoms. The van der Waals surface area contributed by atoms with E-state index in [0.717, 1.165) is 11.2 Å². The van der Waals surface area contributed by atoms with Crippen LogP contribution in [0.5, 0.6) is 0 Å². The van der Waals surface area contributed by atoms with Crippen LogP contribution in [0.15, 0.2) is 6.07 Å². The van der Waals surface area contributed by atoms with Gasteiger partial charge in [-0.1, -0.05) is 0 Å². The van der Waals surface area contributed by atoms with Crippen molar-refractivity contribution in [2.75, 3.05) is 5.73 Å². The van der Waals surface area contributed by atoms with Crippen molar-refractivity contribution < 1.29 is 0 Å². The number of rotatable bonds is 0. The fraction of sp³-hybridized carbons (Fsp3) is 0.286. The molecule has 2 rings (SSSR count). The van der Waals surface area contributed by atoms with Crippen molar-refractivity contribution >= 4 is 11.3 Å². The molecule has 0 aliphatic rings. The molecule has 0 aromatic carbocycles. The topological polar surface area (TPSA) is 69.1 Å². The first-order valence-electron chi connectivity index (χ1n) is 3.63. The van der Waals surface area contributed by atoms with Gasteiger partial charge in [0.05, 0.1) is 5.69 Å². The molecular weight excluding hydrogens is 154 g/mol. The number of aromatic nitrogens is 4. The number of nitrogens with two attached hydrogens (primary N) is 1. The average molecular weight is 163 g/mol. The number of nitrogen functional groups attached to an aromatic ring is 1. The normalized spacial score (nSPS) is 10.8. The van der Waals surface area contributed by atoms with Gasteiger partial charge in [-0.3, -0.25) is 0 Å². The van der Waals surface area contributed by atoms with E-state index in [9.17, 15) is 0 Å². The lowest BCUT2D eigenvalue weighted by molar-refractivity contribution is 0.750. The third kappa shape index (κ3) is 0.903. The van der Waals surface area contributed by atoms with E-state index in [1.165, 1.54) is 4.63 Å². The van der Waals surface area contributed by atoms with Crippen molar-refractivity contribution in [2.45, 2.75) is 13.8 Å². The molecule has 12 heavy (non-hydrogen) atoms. The van der Waals surface area contributed by atoms with Crippen molar-refractivity contribution in [1.82, 2.24) is 19.8 Å². The Labute approximate surface area is 69.2 Å². The first kappa shape index (κ1) is 7.02. The van der Waals surface area contributed by atoms with Crippen LogP contribution in [0.4, 0.5) is 5.82 Å². The maximum Gasteiger partial charge on any atom is 0.153 e. The predicted molar refractivity (Wildman–Crippen MR) is 44.7 cm³/mol. The molecule has 0 radical (unpaired) electrons. The Bertz CT molecular complexity index is 431. The minimum absolute atomic E-state index is 0.475. The third-order valence-electron chi connectivity index (χ3n) is 1.60. The van der Waals surface area contributed by atoms with E-state index in [-0.39, 0.29) is 0 Å². The Kier molecular flexibility index (Phi) is 1.27. The van der Waals surface area contributed by atoms with Crippen LogP contribution in [0.25, 0.3) is 5.52 Å². The second-order valence-corrected chi connectivity index (χ2v) is 2.70. The largest absolute Gasteiger partial charge is 0.382 e. The Morgan fingerprint density at radius 1 is 1.33 bits per heavy atom. The molecule has 62 valence electrons. The van der Waals surface area contributed by atoms with Crippen molar-refractivity contribution in [3.05, 3.63) is 17.6 Å². The van der Waals surface area contributed by atoms with Crippen LogP contribution in [-0.2, 0) is 0 Å². The van der Waals surface area contributed by atoms with Gasteiger partial charge < -0.3 is 5.73 Å². The van der Waals surface area contributed by atoms with Crippen LogP contribution in [0, 0.1) is 13.8 Å². The zero-order chi connectivity index (χ0) is 8.72. The van der Waals surface area contributed by atoms with E-state index < -0.39 is 0 Å². The van der Waals surface area contributed by atoms with E-state index in [1.54, 1.807) is 6.92 Å². The van der Waals surface area contributed by atoms with E-state index in [2.05, 4.69) is 15.2 Å². The summed E-state index contributed by atoms with van der Waals surface area (Å²) >= 11 is 0. The zero-order valence-corrected chi connectivity index (χ0v) is 6.94. The number of fused-ring (bicyclic) bond motifs is 1. The van der Waals surface area contributed by atoms with Crippen molar-refractivity contribution in [2.24, 2.45) is 0 Å². The first-order valence-corrected chi connectivity index (χ1v) is 3.63. The van der Waals surface area contributed by atoms with Crippen LogP contribution < -0.4 is 5.73 Å². The van der Waals surface area contributed by atoms with Crippen molar-refractivity contribution in [3.8, 4) is 0 Å². The van der Waals surface area contributed by atoms with Crippen molar-refractivity contribution in [3.63, 3.8) is 0 Å². The summed E-state index contributed by atoms with van der Waals surface area (Å²) < 4.78 is 1.51. The minimum Gasteiger partial charge on any atom is -0.382 e. The highest BCUT2D eigenvalue weighted by molar-refractivity contribution is 5.64. The second kappa shape index (κ2) is 2.17. The highest BCUT2D eigenvalue weighted by Gasteiger charge is 2.03. The van der Waals surface area contributed by atoms with Gasteiger partial charge in [-0.2, -0.15) is 5.10 Å². The summed E-state index contributed by atoms with van der Waals surface area (Å²) in [6, 6.07) is 1.86. The molecule has 0 unspecified atom stereocenters. The molecule has 0 spiro atoms. The lowest BCUT2D eigenvalue weighted by Gasteiger charge is -1.96. The molecule has 0 atom stereocenters. The van der Waals surface area contributed by atoms with Gasteiger partial charge in [0.15, 0.2) is 5.82 Å². The molecule has 0 fully saturated rings. The maximum absolute atomic E-state index is 5.66. The lowest BCUT2D eigenvalue weighted by atomic mass is 10.4. The average Bonchev–Trinajstić information content (AvgIpc) is 2.29. The molecule has 5 nitrogen and oxygen atoms in total. The summed E-state index contributed by atoms with van der Waals surface area (Å²) in [5.41, 5.74) is 7.31. The summed E-state index contributed by atoms with van der Waals surface area (Å²) in [7, 11) is 0. The highest BCUT2D eigenvalue weighted by Crippen LogP contribution is 2.10. The second-order valence-electron chi connectivity index (χ2n) is 2.70.